The van der Waals surface area contributed by atoms with E-state index in [4.69, 9.17) is 11.6 Å². The molecular weight excluding hydrogens is 396 g/mol. The lowest BCUT2D eigenvalue weighted by Gasteiger charge is -2.28. The Bertz CT molecular complexity index is 908. The van der Waals surface area contributed by atoms with Gasteiger partial charge in [-0.15, -0.1) is 11.3 Å². The maximum Gasteiger partial charge on any atom is 0.265 e. The van der Waals surface area contributed by atoms with E-state index in [0.29, 0.717) is 21.3 Å². The first-order valence-electron chi connectivity index (χ1n) is 7.94. The van der Waals surface area contributed by atoms with Crippen molar-refractivity contribution < 1.29 is 13.2 Å². The maximum absolute atomic E-state index is 12.5. The summed E-state index contributed by atoms with van der Waals surface area (Å²) in [5, 5.41) is 8.35. The van der Waals surface area contributed by atoms with Crippen LogP contribution in [0.25, 0.3) is 0 Å². The number of piperazine rings is 1. The SMILES string of the molecule is CS(=O)(=O)Nc1cc(Cl)cc(NC(=O)c2cc(N3CCNCC3)cs2)c1. The van der Waals surface area contributed by atoms with Gasteiger partial charge in [0.2, 0.25) is 10.0 Å². The van der Waals surface area contributed by atoms with Gasteiger partial charge >= 0.3 is 0 Å². The van der Waals surface area contributed by atoms with E-state index in [1.165, 1.54) is 23.5 Å². The molecule has 2 aromatic rings. The lowest BCUT2D eigenvalue weighted by atomic mass is 10.2. The van der Waals surface area contributed by atoms with E-state index >= 15 is 0 Å². The quantitative estimate of drug-likeness (QED) is 0.699. The van der Waals surface area contributed by atoms with Crippen LogP contribution >= 0.6 is 22.9 Å². The van der Waals surface area contributed by atoms with E-state index in [9.17, 15) is 13.2 Å². The zero-order valence-electron chi connectivity index (χ0n) is 14.1. The van der Waals surface area contributed by atoms with E-state index in [1.54, 1.807) is 6.07 Å². The summed E-state index contributed by atoms with van der Waals surface area (Å²) < 4.78 is 25.1. The van der Waals surface area contributed by atoms with E-state index < -0.39 is 10.0 Å². The van der Waals surface area contributed by atoms with Gasteiger partial charge in [0.05, 0.1) is 16.8 Å². The number of benzene rings is 1. The molecule has 1 aliphatic rings. The molecule has 1 aromatic carbocycles. The number of anilines is 3. The van der Waals surface area contributed by atoms with E-state index in [1.807, 2.05) is 11.4 Å². The number of nitrogens with one attached hydrogen (secondary N) is 3. The van der Waals surface area contributed by atoms with Gasteiger partial charge < -0.3 is 15.5 Å². The van der Waals surface area contributed by atoms with Gasteiger partial charge in [0.15, 0.2) is 0 Å². The van der Waals surface area contributed by atoms with Crippen molar-refractivity contribution in [1.82, 2.24) is 5.32 Å². The number of carbonyl (C=O) groups is 1. The van der Waals surface area contributed by atoms with Crippen LogP contribution in [0.2, 0.25) is 5.02 Å². The molecule has 1 aliphatic heterocycles. The van der Waals surface area contributed by atoms with Crippen molar-refractivity contribution in [3.05, 3.63) is 39.5 Å². The van der Waals surface area contributed by atoms with Crippen molar-refractivity contribution in [2.75, 3.05) is 47.4 Å². The normalized spacial score (nSPS) is 14.9. The van der Waals surface area contributed by atoms with Gasteiger partial charge in [0.1, 0.15) is 0 Å². The van der Waals surface area contributed by atoms with Crippen LogP contribution in [-0.4, -0.2) is 46.8 Å². The smallest absolute Gasteiger partial charge is 0.265 e. The zero-order chi connectivity index (χ0) is 18.7. The Morgan fingerprint density at radius 2 is 1.88 bits per heavy atom. The summed E-state index contributed by atoms with van der Waals surface area (Å²) in [5.41, 5.74) is 1.75. The molecule has 0 radical (unpaired) electrons. The monoisotopic (exact) mass is 414 g/mol. The average molecular weight is 415 g/mol. The number of amides is 1. The Labute approximate surface area is 161 Å². The van der Waals surface area contributed by atoms with Crippen molar-refractivity contribution in [2.24, 2.45) is 0 Å². The molecule has 10 heteroatoms. The van der Waals surface area contributed by atoms with Crippen LogP contribution in [0.4, 0.5) is 17.1 Å². The summed E-state index contributed by atoms with van der Waals surface area (Å²) in [5.74, 6) is -0.260. The fraction of sp³-hybridized carbons (Fsp3) is 0.312. The van der Waals surface area contributed by atoms with Gasteiger partial charge in [0.25, 0.3) is 5.91 Å². The van der Waals surface area contributed by atoms with Crippen LogP contribution in [0.3, 0.4) is 0 Å². The average Bonchev–Trinajstić information content (AvgIpc) is 3.03. The molecule has 140 valence electrons. The summed E-state index contributed by atoms with van der Waals surface area (Å²) in [6.07, 6.45) is 1.05. The molecule has 1 amide bonds. The Balaban J connectivity index is 1.72. The number of rotatable bonds is 5. The summed E-state index contributed by atoms with van der Waals surface area (Å²) in [6, 6.07) is 6.44. The zero-order valence-corrected chi connectivity index (χ0v) is 16.5. The predicted molar refractivity (Wildman–Crippen MR) is 107 cm³/mol. The fourth-order valence-electron chi connectivity index (χ4n) is 2.66. The van der Waals surface area contributed by atoms with Crippen molar-refractivity contribution in [3.63, 3.8) is 0 Å². The highest BCUT2D eigenvalue weighted by Gasteiger charge is 2.16. The second-order valence-corrected chi connectivity index (χ2v) is 9.06. The topological polar surface area (TPSA) is 90.5 Å². The Kier molecular flexibility index (Phi) is 5.71. The molecule has 7 nitrogen and oxygen atoms in total. The van der Waals surface area contributed by atoms with Crippen LogP contribution in [0.15, 0.2) is 29.6 Å². The van der Waals surface area contributed by atoms with Crippen LogP contribution in [0.1, 0.15) is 9.67 Å². The third kappa shape index (κ3) is 5.10. The van der Waals surface area contributed by atoms with Gasteiger partial charge in [-0.25, -0.2) is 8.42 Å². The molecule has 3 N–H and O–H groups in total. The minimum Gasteiger partial charge on any atom is -0.368 e. The molecule has 0 unspecified atom stereocenters. The highest BCUT2D eigenvalue weighted by atomic mass is 35.5. The number of nitrogens with zero attached hydrogens (tertiary/aromatic N) is 1. The molecule has 0 saturated carbocycles. The standard InChI is InChI=1S/C16H19ClN4O3S2/c1-26(23,24)20-13-7-11(17)6-12(8-13)19-16(22)15-9-14(10-25-15)21-4-2-18-3-5-21/h6-10,18,20H,2-5H2,1H3,(H,19,22). The number of halogens is 1. The summed E-state index contributed by atoms with van der Waals surface area (Å²) in [7, 11) is -3.43. The molecule has 1 aromatic heterocycles. The van der Waals surface area contributed by atoms with Gasteiger partial charge in [-0.2, -0.15) is 0 Å². The number of carbonyl (C=O) groups excluding carboxylic acids is 1. The van der Waals surface area contributed by atoms with Gasteiger partial charge in [-0.1, -0.05) is 11.6 Å². The fourth-order valence-corrected chi connectivity index (χ4v) is 4.25. The molecule has 0 spiro atoms. The highest BCUT2D eigenvalue weighted by molar-refractivity contribution is 7.92. The van der Waals surface area contributed by atoms with Crippen LogP contribution in [-0.2, 0) is 10.0 Å². The summed E-state index contributed by atoms with van der Waals surface area (Å²) in [6.45, 7) is 3.67. The third-order valence-corrected chi connectivity index (χ3v) is 5.49. The number of hydrogen-bond donors (Lipinski definition) is 3. The van der Waals surface area contributed by atoms with Crippen LogP contribution in [0.5, 0.6) is 0 Å². The lowest BCUT2D eigenvalue weighted by molar-refractivity contribution is 0.103. The molecule has 1 fully saturated rings. The third-order valence-electron chi connectivity index (χ3n) is 3.75. The minimum atomic E-state index is -3.43. The number of sulfonamides is 1. The van der Waals surface area contributed by atoms with Gasteiger partial charge in [-0.05, 0) is 24.3 Å². The molecule has 26 heavy (non-hydrogen) atoms. The van der Waals surface area contributed by atoms with Gasteiger partial charge in [0, 0.05) is 48.0 Å². The Morgan fingerprint density at radius 1 is 1.19 bits per heavy atom. The molecule has 0 bridgehead atoms. The van der Waals surface area contributed by atoms with Crippen molar-refractivity contribution in [1.29, 1.82) is 0 Å². The van der Waals surface area contributed by atoms with Gasteiger partial charge in [-0.3, -0.25) is 9.52 Å². The molecule has 1 saturated heterocycles. The first-order valence-corrected chi connectivity index (χ1v) is 11.1. The van der Waals surface area contributed by atoms with Crippen LogP contribution < -0.4 is 20.3 Å². The summed E-state index contributed by atoms with van der Waals surface area (Å²) >= 11 is 7.39. The first kappa shape index (κ1) is 19.0. The maximum atomic E-state index is 12.5. The van der Waals surface area contributed by atoms with Crippen LogP contribution in [0, 0.1) is 0 Å². The van der Waals surface area contributed by atoms with Crippen molar-refractivity contribution in [3.8, 4) is 0 Å². The predicted octanol–water partition coefficient (Wildman–Crippen LogP) is 2.43. The molecule has 2 heterocycles. The minimum absolute atomic E-state index is 0.260. The van der Waals surface area contributed by atoms with E-state index in [0.717, 1.165) is 38.1 Å². The van der Waals surface area contributed by atoms with Crippen molar-refractivity contribution in [2.45, 2.75) is 0 Å². The second-order valence-electron chi connectivity index (χ2n) is 5.96. The molecule has 0 aliphatic carbocycles. The van der Waals surface area contributed by atoms with E-state index in [-0.39, 0.29) is 5.91 Å². The highest BCUT2D eigenvalue weighted by Crippen LogP contribution is 2.27. The number of thiophene rings is 1. The molecular formula is C16H19ClN4O3S2. The molecule has 3 rings (SSSR count). The number of hydrogen-bond acceptors (Lipinski definition) is 6. The Hall–Kier alpha value is -1.81. The Morgan fingerprint density at radius 3 is 2.58 bits per heavy atom. The molecule has 0 atom stereocenters. The largest absolute Gasteiger partial charge is 0.368 e. The van der Waals surface area contributed by atoms with Crippen molar-refractivity contribution >= 4 is 55.9 Å². The second kappa shape index (κ2) is 7.83. The first-order chi connectivity index (χ1) is 12.3. The summed E-state index contributed by atoms with van der Waals surface area (Å²) in [4.78, 5) is 15.3. The lowest BCUT2D eigenvalue weighted by Crippen LogP contribution is -2.43. The van der Waals surface area contributed by atoms with E-state index in [2.05, 4.69) is 20.3 Å².